The summed E-state index contributed by atoms with van der Waals surface area (Å²) in [6.45, 7) is 4.49. The van der Waals surface area contributed by atoms with Crippen LogP contribution >= 0.6 is 0 Å². The standard InChI is InChI=1S/C32H35N3O8/c1-34-7-9-35(10-8-34)15-18-11-16(3-6-24(18)43-2)20-4-5-22(36)26-21(20)13-17-12-19-14-23(37)27(31(33)41)30(40)32(19,42)29(39)25(17)28(26)38/h3-6,11,17,19,36,38,40,42H,7-10,12-15H2,1-2H3,(H2,33,41). The van der Waals surface area contributed by atoms with Gasteiger partial charge in [0.25, 0.3) is 5.91 Å². The van der Waals surface area contributed by atoms with Crippen LogP contribution in [0.1, 0.15) is 29.5 Å². The molecule has 3 unspecified atom stereocenters. The number of fused-ring (bicyclic) bond motifs is 3. The second-order valence-electron chi connectivity index (χ2n) is 12.0. The molecule has 1 saturated heterocycles. The topological polar surface area (TPSA) is 174 Å². The largest absolute Gasteiger partial charge is 0.508 e. The molecule has 43 heavy (non-hydrogen) atoms. The second-order valence-corrected chi connectivity index (χ2v) is 12.0. The van der Waals surface area contributed by atoms with Gasteiger partial charge in [0.05, 0.1) is 12.7 Å². The van der Waals surface area contributed by atoms with Gasteiger partial charge in [-0.05, 0) is 60.7 Å². The first-order valence-electron chi connectivity index (χ1n) is 14.4. The lowest BCUT2D eigenvalue weighted by Crippen LogP contribution is -2.58. The molecule has 2 fully saturated rings. The van der Waals surface area contributed by atoms with Gasteiger partial charge in [0, 0.05) is 56.2 Å². The molecule has 0 aromatic heterocycles. The number of amides is 1. The minimum Gasteiger partial charge on any atom is -0.508 e. The van der Waals surface area contributed by atoms with E-state index in [0.29, 0.717) is 12.1 Å². The third kappa shape index (κ3) is 4.50. The summed E-state index contributed by atoms with van der Waals surface area (Å²) in [4.78, 5) is 43.0. The number of ether oxygens (including phenoxy) is 1. The summed E-state index contributed by atoms with van der Waals surface area (Å²) in [5.41, 5.74) is 5.01. The quantitative estimate of drug-likeness (QED) is 0.324. The minimum absolute atomic E-state index is 0.0704. The van der Waals surface area contributed by atoms with Crippen molar-refractivity contribution in [2.24, 2.45) is 17.6 Å². The molecule has 0 radical (unpaired) electrons. The summed E-state index contributed by atoms with van der Waals surface area (Å²) in [6.07, 6.45) is -0.0454. The number of ketones is 2. The Bertz CT molecular complexity index is 1620. The summed E-state index contributed by atoms with van der Waals surface area (Å²) in [6, 6.07) is 9.06. The van der Waals surface area contributed by atoms with E-state index in [9.17, 15) is 34.8 Å². The number of phenols is 1. The molecule has 1 amide bonds. The first-order chi connectivity index (χ1) is 20.4. The van der Waals surface area contributed by atoms with Gasteiger partial charge in [-0.3, -0.25) is 19.3 Å². The Balaban J connectivity index is 1.43. The van der Waals surface area contributed by atoms with Crippen LogP contribution in [0.5, 0.6) is 11.5 Å². The monoisotopic (exact) mass is 589 g/mol. The van der Waals surface area contributed by atoms with Gasteiger partial charge in [-0.15, -0.1) is 0 Å². The third-order valence-electron chi connectivity index (χ3n) is 9.53. The number of Topliss-reactive ketones (excluding diaryl/α,β-unsaturated/α-hetero) is 2. The number of benzene rings is 2. The lowest BCUT2D eigenvalue weighted by atomic mass is 9.59. The average Bonchev–Trinajstić information content (AvgIpc) is 2.96. The van der Waals surface area contributed by atoms with Gasteiger partial charge >= 0.3 is 0 Å². The number of rotatable bonds is 5. The number of primary amides is 1. The number of carbonyl (C=O) groups is 3. The van der Waals surface area contributed by atoms with E-state index >= 15 is 0 Å². The van der Waals surface area contributed by atoms with Crippen molar-refractivity contribution in [3.63, 3.8) is 0 Å². The summed E-state index contributed by atoms with van der Waals surface area (Å²) >= 11 is 0. The van der Waals surface area contributed by atoms with Gasteiger partial charge in [0.1, 0.15) is 28.6 Å². The molecule has 3 aliphatic carbocycles. The zero-order valence-electron chi connectivity index (χ0n) is 24.1. The number of hydrogen-bond acceptors (Lipinski definition) is 10. The summed E-state index contributed by atoms with van der Waals surface area (Å²) in [5, 5.41) is 44.6. The Hall–Kier alpha value is -4.19. The number of carbonyl (C=O) groups excluding carboxylic acids is 3. The molecule has 1 aliphatic heterocycles. The van der Waals surface area contributed by atoms with Crippen molar-refractivity contribution in [3.8, 4) is 22.6 Å². The SMILES string of the molecule is COc1ccc(-c2ccc(O)c3c2CC2CC4CC(=O)C(C(N)=O)=C(O)C4(O)C(=O)C2=C3O)cc1CN1CCN(C)CC1. The van der Waals surface area contributed by atoms with Crippen LogP contribution in [-0.2, 0) is 27.3 Å². The van der Waals surface area contributed by atoms with Crippen LogP contribution in [0.15, 0.2) is 47.2 Å². The Morgan fingerprint density at radius 3 is 2.47 bits per heavy atom. The third-order valence-corrected chi connectivity index (χ3v) is 9.53. The van der Waals surface area contributed by atoms with Crippen molar-refractivity contribution in [2.75, 3.05) is 40.3 Å². The maximum Gasteiger partial charge on any atom is 0.255 e. The zero-order chi connectivity index (χ0) is 30.8. The van der Waals surface area contributed by atoms with E-state index < -0.39 is 52.0 Å². The first-order valence-corrected chi connectivity index (χ1v) is 14.4. The molecule has 0 spiro atoms. The number of piperazine rings is 1. The van der Waals surface area contributed by atoms with Crippen molar-refractivity contribution >= 4 is 23.2 Å². The number of nitrogens with two attached hydrogens (primary N) is 1. The molecule has 2 aromatic carbocycles. The second kappa shape index (κ2) is 10.5. The van der Waals surface area contributed by atoms with Crippen LogP contribution in [0.25, 0.3) is 16.9 Å². The maximum absolute atomic E-state index is 13.8. The molecule has 11 heteroatoms. The number of phenolic OH excluding ortho intramolecular Hbond substituents is 1. The van der Waals surface area contributed by atoms with E-state index in [1.807, 2.05) is 18.2 Å². The summed E-state index contributed by atoms with van der Waals surface area (Å²) < 4.78 is 5.66. The fourth-order valence-corrected chi connectivity index (χ4v) is 7.21. The van der Waals surface area contributed by atoms with Gasteiger partial charge < -0.3 is 35.8 Å². The fraction of sp³-hybridized carbons (Fsp3) is 0.406. The van der Waals surface area contributed by atoms with E-state index in [4.69, 9.17) is 10.5 Å². The van der Waals surface area contributed by atoms with Gasteiger partial charge in [-0.1, -0.05) is 12.1 Å². The smallest absolute Gasteiger partial charge is 0.255 e. The molecule has 6 N–H and O–H groups in total. The molecule has 6 rings (SSSR count). The molecular formula is C32H35N3O8. The average molecular weight is 590 g/mol. The Labute approximate surface area is 248 Å². The van der Waals surface area contributed by atoms with Gasteiger partial charge in [0.2, 0.25) is 5.78 Å². The van der Waals surface area contributed by atoms with Crippen LogP contribution in [0.3, 0.4) is 0 Å². The lowest BCUT2D eigenvalue weighted by molar-refractivity contribution is -0.147. The number of aromatic hydroxyl groups is 1. The number of aliphatic hydroxyl groups excluding tert-OH is 2. The van der Waals surface area contributed by atoms with Crippen molar-refractivity contribution < 1.29 is 39.5 Å². The lowest BCUT2D eigenvalue weighted by Gasteiger charge is -2.46. The van der Waals surface area contributed by atoms with Crippen LogP contribution < -0.4 is 10.5 Å². The number of hydrogen-bond donors (Lipinski definition) is 5. The molecule has 1 heterocycles. The van der Waals surface area contributed by atoms with Crippen molar-refractivity contribution in [2.45, 2.75) is 31.4 Å². The molecule has 2 aromatic rings. The molecule has 226 valence electrons. The first kappa shape index (κ1) is 28.9. The summed E-state index contributed by atoms with van der Waals surface area (Å²) in [7, 11) is 3.73. The summed E-state index contributed by atoms with van der Waals surface area (Å²) in [5.74, 6) is -5.70. The molecular weight excluding hydrogens is 554 g/mol. The van der Waals surface area contributed by atoms with E-state index in [1.54, 1.807) is 13.2 Å². The highest BCUT2D eigenvalue weighted by Crippen LogP contribution is 2.53. The van der Waals surface area contributed by atoms with Crippen LogP contribution in [-0.4, -0.2) is 93.6 Å². The van der Waals surface area contributed by atoms with E-state index in [1.165, 1.54) is 6.07 Å². The molecule has 0 bridgehead atoms. The van der Waals surface area contributed by atoms with Crippen LogP contribution in [0, 0.1) is 11.8 Å². The van der Waals surface area contributed by atoms with Crippen LogP contribution in [0.4, 0.5) is 0 Å². The maximum atomic E-state index is 13.8. The molecule has 3 atom stereocenters. The number of nitrogens with zero attached hydrogens (tertiary/aromatic N) is 2. The van der Waals surface area contributed by atoms with E-state index in [0.717, 1.165) is 48.6 Å². The van der Waals surface area contributed by atoms with Crippen molar-refractivity contribution in [1.82, 2.24) is 9.80 Å². The minimum atomic E-state index is -2.59. The Morgan fingerprint density at radius 2 is 1.79 bits per heavy atom. The predicted molar refractivity (Wildman–Crippen MR) is 156 cm³/mol. The molecule has 4 aliphatic rings. The molecule has 11 nitrogen and oxygen atoms in total. The highest BCUT2D eigenvalue weighted by atomic mass is 16.5. The van der Waals surface area contributed by atoms with Gasteiger partial charge in [-0.2, -0.15) is 0 Å². The molecule has 1 saturated carbocycles. The number of aliphatic hydroxyl groups is 3. The van der Waals surface area contributed by atoms with Crippen molar-refractivity contribution in [3.05, 3.63) is 63.9 Å². The van der Waals surface area contributed by atoms with Crippen LogP contribution in [0.2, 0.25) is 0 Å². The Kier molecular flexibility index (Phi) is 7.07. The Morgan fingerprint density at radius 1 is 1.07 bits per heavy atom. The normalized spacial score (nSPS) is 26.2. The zero-order valence-corrected chi connectivity index (χ0v) is 24.1. The highest BCUT2D eigenvalue weighted by Gasteiger charge is 2.60. The van der Waals surface area contributed by atoms with Gasteiger partial charge in [-0.25, -0.2) is 0 Å². The van der Waals surface area contributed by atoms with E-state index in [-0.39, 0.29) is 36.1 Å². The fourth-order valence-electron chi connectivity index (χ4n) is 7.21. The number of likely N-dealkylation sites (N-methyl/N-ethyl adjacent to an activating group) is 1. The van der Waals surface area contributed by atoms with Crippen molar-refractivity contribution in [1.29, 1.82) is 0 Å². The van der Waals surface area contributed by atoms with Gasteiger partial charge in [0.15, 0.2) is 11.4 Å². The number of methoxy groups -OCH3 is 1. The van der Waals surface area contributed by atoms with E-state index in [2.05, 4.69) is 16.8 Å². The highest BCUT2D eigenvalue weighted by molar-refractivity contribution is 6.22. The predicted octanol–water partition coefficient (Wildman–Crippen LogP) is 1.85.